The second-order valence-corrected chi connectivity index (χ2v) is 6.18. The fraction of sp³-hybridized carbons (Fsp3) is 0.588. The summed E-state index contributed by atoms with van der Waals surface area (Å²) in [4.78, 5) is 11.8. The van der Waals surface area contributed by atoms with Gasteiger partial charge in [-0.1, -0.05) is 30.7 Å². The third-order valence-corrected chi connectivity index (χ3v) is 4.14. The lowest BCUT2D eigenvalue weighted by atomic mass is 9.89. The van der Waals surface area contributed by atoms with Gasteiger partial charge in [-0.15, -0.1) is 0 Å². The van der Waals surface area contributed by atoms with Crippen molar-refractivity contribution in [2.75, 3.05) is 26.2 Å². The smallest absolute Gasteiger partial charge is 0.246 e. The van der Waals surface area contributed by atoms with Crippen LogP contribution < -0.4 is 10.6 Å². The summed E-state index contributed by atoms with van der Waals surface area (Å²) < 4.78 is 5.97. The lowest BCUT2D eigenvalue weighted by molar-refractivity contribution is -0.129. The van der Waals surface area contributed by atoms with E-state index in [4.69, 9.17) is 16.3 Å². The Morgan fingerprint density at radius 2 is 2.41 bits per heavy atom. The third-order valence-electron chi connectivity index (χ3n) is 3.91. The van der Waals surface area contributed by atoms with Gasteiger partial charge in [0.2, 0.25) is 5.91 Å². The van der Waals surface area contributed by atoms with Crippen LogP contribution in [0.2, 0.25) is 5.02 Å². The average Bonchev–Trinajstić information content (AvgIpc) is 2.54. The van der Waals surface area contributed by atoms with Crippen LogP contribution in [0, 0.1) is 5.92 Å². The Balaban J connectivity index is 2.03. The highest BCUT2D eigenvalue weighted by Gasteiger charge is 2.26. The number of rotatable bonds is 7. The zero-order chi connectivity index (χ0) is 15.8. The van der Waals surface area contributed by atoms with E-state index in [1.165, 1.54) is 0 Å². The zero-order valence-corrected chi connectivity index (χ0v) is 13.9. The molecular weight excluding hydrogens is 300 g/mol. The molecule has 0 spiro atoms. The highest BCUT2D eigenvalue weighted by Crippen LogP contribution is 2.31. The first kappa shape index (κ1) is 17.3. The summed E-state index contributed by atoms with van der Waals surface area (Å²) in [6, 6.07) is 7.75. The minimum Gasteiger partial charge on any atom is -0.363 e. The Morgan fingerprint density at radius 1 is 1.55 bits per heavy atom. The monoisotopic (exact) mass is 324 g/mol. The van der Waals surface area contributed by atoms with Gasteiger partial charge < -0.3 is 15.4 Å². The van der Waals surface area contributed by atoms with Gasteiger partial charge in [0.15, 0.2) is 0 Å². The first-order valence-electron chi connectivity index (χ1n) is 8.05. The molecule has 1 heterocycles. The van der Waals surface area contributed by atoms with Crippen LogP contribution in [0.4, 0.5) is 0 Å². The summed E-state index contributed by atoms with van der Waals surface area (Å²) in [6.45, 7) is 4.77. The molecule has 1 aromatic carbocycles. The number of halogens is 1. The minimum absolute atomic E-state index is 0.0577. The number of carbonyl (C=O) groups is 1. The van der Waals surface area contributed by atoms with E-state index in [2.05, 4.69) is 10.6 Å². The molecule has 1 aromatic rings. The number of nitrogens with one attached hydrogen (secondary N) is 2. The second-order valence-electron chi connectivity index (χ2n) is 5.74. The van der Waals surface area contributed by atoms with Gasteiger partial charge in [-0.25, -0.2) is 0 Å². The molecule has 1 saturated heterocycles. The fourth-order valence-corrected chi connectivity index (χ4v) is 3.00. The molecule has 4 nitrogen and oxygen atoms in total. The minimum atomic E-state index is -0.0983. The van der Waals surface area contributed by atoms with E-state index in [1.54, 1.807) is 0 Å². The molecule has 22 heavy (non-hydrogen) atoms. The number of hydrogen-bond donors (Lipinski definition) is 2. The van der Waals surface area contributed by atoms with Crippen molar-refractivity contribution in [3.8, 4) is 0 Å². The van der Waals surface area contributed by atoms with E-state index >= 15 is 0 Å². The Kier molecular flexibility index (Phi) is 7.16. The summed E-state index contributed by atoms with van der Waals surface area (Å²) in [7, 11) is 0. The molecule has 1 aliphatic heterocycles. The first-order valence-corrected chi connectivity index (χ1v) is 8.43. The van der Waals surface area contributed by atoms with E-state index in [9.17, 15) is 4.79 Å². The normalized spacial score (nSPS) is 19.6. The van der Waals surface area contributed by atoms with Crippen molar-refractivity contribution in [3.63, 3.8) is 0 Å². The molecule has 0 aliphatic carbocycles. The second kappa shape index (κ2) is 9.13. The van der Waals surface area contributed by atoms with Crippen molar-refractivity contribution in [2.24, 2.45) is 5.92 Å². The maximum atomic E-state index is 11.8. The summed E-state index contributed by atoms with van der Waals surface area (Å²) in [5.74, 6) is 0.309. The summed E-state index contributed by atoms with van der Waals surface area (Å²) in [6.07, 6.45) is 3.06. The molecule has 1 unspecified atom stereocenters. The van der Waals surface area contributed by atoms with Gasteiger partial charge in [0.25, 0.3) is 0 Å². The molecule has 122 valence electrons. The Labute approximate surface area is 137 Å². The lowest BCUT2D eigenvalue weighted by Crippen LogP contribution is -2.36. The van der Waals surface area contributed by atoms with E-state index in [1.807, 2.05) is 31.2 Å². The maximum absolute atomic E-state index is 11.8. The molecule has 1 amide bonds. The number of benzene rings is 1. The van der Waals surface area contributed by atoms with Crippen LogP contribution in [0.5, 0.6) is 0 Å². The predicted octanol–water partition coefficient (Wildman–Crippen LogP) is 2.92. The molecule has 0 radical (unpaired) electrons. The Morgan fingerprint density at radius 3 is 3.09 bits per heavy atom. The number of ether oxygens (including phenoxy) is 1. The van der Waals surface area contributed by atoms with Crippen LogP contribution in [0.1, 0.15) is 37.9 Å². The average molecular weight is 325 g/mol. The van der Waals surface area contributed by atoms with Gasteiger partial charge in [-0.3, -0.25) is 4.79 Å². The first-order chi connectivity index (χ1) is 10.7. The number of carbonyl (C=O) groups excluding carboxylic acids is 1. The van der Waals surface area contributed by atoms with Gasteiger partial charge in [-0.2, -0.15) is 0 Å². The van der Waals surface area contributed by atoms with Crippen LogP contribution in [0.25, 0.3) is 0 Å². The molecule has 0 bridgehead atoms. The largest absolute Gasteiger partial charge is 0.363 e. The number of piperidine rings is 1. The van der Waals surface area contributed by atoms with E-state index in [0.717, 1.165) is 37.9 Å². The van der Waals surface area contributed by atoms with Crippen molar-refractivity contribution in [1.29, 1.82) is 0 Å². The van der Waals surface area contributed by atoms with Crippen molar-refractivity contribution in [1.82, 2.24) is 10.6 Å². The van der Waals surface area contributed by atoms with Crippen LogP contribution in [0.3, 0.4) is 0 Å². The van der Waals surface area contributed by atoms with Gasteiger partial charge in [0, 0.05) is 24.0 Å². The van der Waals surface area contributed by atoms with Crippen LogP contribution in [-0.2, 0) is 9.53 Å². The molecular formula is C17H25ClN2O2. The predicted molar refractivity (Wildman–Crippen MR) is 89.0 cm³/mol. The fourth-order valence-electron chi connectivity index (χ4n) is 2.81. The lowest BCUT2D eigenvalue weighted by Gasteiger charge is -2.31. The SMILES string of the molecule is CCCNC(=O)COC(c1cccc(Cl)c1)[C@@H]1CCCNC1. The van der Waals surface area contributed by atoms with Gasteiger partial charge >= 0.3 is 0 Å². The quantitative estimate of drug-likeness (QED) is 0.811. The van der Waals surface area contributed by atoms with E-state index in [-0.39, 0.29) is 18.6 Å². The highest BCUT2D eigenvalue weighted by atomic mass is 35.5. The number of hydrogen-bond acceptors (Lipinski definition) is 3. The summed E-state index contributed by atoms with van der Waals surface area (Å²) >= 11 is 6.11. The topological polar surface area (TPSA) is 50.4 Å². The van der Waals surface area contributed by atoms with Crippen molar-refractivity contribution in [2.45, 2.75) is 32.3 Å². The van der Waals surface area contributed by atoms with Gasteiger partial charge in [0.1, 0.15) is 6.61 Å². The van der Waals surface area contributed by atoms with Crippen LogP contribution >= 0.6 is 11.6 Å². The molecule has 2 N–H and O–H groups in total. The third kappa shape index (κ3) is 5.27. The highest BCUT2D eigenvalue weighted by molar-refractivity contribution is 6.30. The van der Waals surface area contributed by atoms with Gasteiger partial charge in [-0.05, 0) is 43.5 Å². The van der Waals surface area contributed by atoms with Crippen molar-refractivity contribution in [3.05, 3.63) is 34.9 Å². The molecule has 1 aliphatic rings. The maximum Gasteiger partial charge on any atom is 0.246 e. The molecule has 0 saturated carbocycles. The number of amides is 1. The summed E-state index contributed by atoms with van der Waals surface area (Å²) in [5, 5.41) is 6.96. The van der Waals surface area contributed by atoms with Crippen molar-refractivity contribution >= 4 is 17.5 Å². The Hall–Kier alpha value is -1.10. The zero-order valence-electron chi connectivity index (χ0n) is 13.1. The van der Waals surface area contributed by atoms with Crippen LogP contribution in [0.15, 0.2) is 24.3 Å². The van der Waals surface area contributed by atoms with Crippen LogP contribution in [-0.4, -0.2) is 32.1 Å². The van der Waals surface area contributed by atoms with Gasteiger partial charge in [0.05, 0.1) is 6.10 Å². The summed E-state index contributed by atoms with van der Waals surface area (Å²) in [5.41, 5.74) is 1.05. The van der Waals surface area contributed by atoms with E-state index in [0.29, 0.717) is 17.5 Å². The molecule has 0 aromatic heterocycles. The standard InChI is InChI=1S/C17H25ClN2O2/c1-2-8-20-16(21)12-22-17(14-6-4-9-19-11-14)13-5-3-7-15(18)10-13/h3,5,7,10,14,17,19H,2,4,6,8-9,11-12H2,1H3,(H,20,21)/t14-,17?/m1/s1. The Bertz CT molecular complexity index is 475. The molecule has 5 heteroatoms. The molecule has 1 fully saturated rings. The van der Waals surface area contributed by atoms with Crippen molar-refractivity contribution < 1.29 is 9.53 Å². The van der Waals surface area contributed by atoms with E-state index < -0.39 is 0 Å². The molecule has 2 atom stereocenters. The molecule has 2 rings (SSSR count).